The number of ether oxygens (including phenoxy) is 1. The van der Waals surface area contributed by atoms with Crippen molar-refractivity contribution in [2.45, 2.75) is 52.1 Å². The van der Waals surface area contributed by atoms with E-state index in [4.69, 9.17) is 9.84 Å². The normalized spacial score (nSPS) is 10.8. The summed E-state index contributed by atoms with van der Waals surface area (Å²) in [5, 5.41) is 13.4. The number of hydrogen-bond acceptors (Lipinski definition) is 4. The minimum Gasteiger partial charge on any atom is -0.481 e. The van der Waals surface area contributed by atoms with Crippen LogP contribution in [0.15, 0.2) is 0 Å². The molecule has 2 amide bonds. The molecule has 0 heterocycles. The molecular weight excluding hydrogens is 264 g/mol. The first-order valence-corrected chi connectivity index (χ1v) is 6.66. The number of nitrogens with one attached hydrogen (secondary N) is 2. The van der Waals surface area contributed by atoms with Gasteiger partial charge in [0.2, 0.25) is 5.91 Å². The Hall–Kier alpha value is -1.79. The van der Waals surface area contributed by atoms with Gasteiger partial charge in [0.15, 0.2) is 0 Å². The van der Waals surface area contributed by atoms with E-state index in [1.165, 1.54) is 0 Å². The second-order valence-corrected chi connectivity index (χ2v) is 5.41. The summed E-state index contributed by atoms with van der Waals surface area (Å²) in [5.41, 5.74) is -0.593. The number of amides is 2. The van der Waals surface area contributed by atoms with Crippen molar-refractivity contribution in [2.75, 3.05) is 13.1 Å². The van der Waals surface area contributed by atoms with Crippen molar-refractivity contribution in [3.8, 4) is 0 Å². The van der Waals surface area contributed by atoms with Crippen LogP contribution in [0.2, 0.25) is 0 Å². The van der Waals surface area contributed by atoms with Crippen LogP contribution in [0.3, 0.4) is 0 Å². The third kappa shape index (κ3) is 12.7. The van der Waals surface area contributed by atoms with Gasteiger partial charge in [0.1, 0.15) is 5.60 Å². The number of alkyl carbamates (subject to hydrolysis) is 1. The molecule has 0 aliphatic carbocycles. The van der Waals surface area contributed by atoms with Gasteiger partial charge >= 0.3 is 12.1 Å². The van der Waals surface area contributed by atoms with Gasteiger partial charge in [0, 0.05) is 13.0 Å². The third-order valence-electron chi connectivity index (χ3n) is 2.18. The van der Waals surface area contributed by atoms with Crippen molar-refractivity contribution >= 4 is 18.0 Å². The zero-order valence-electron chi connectivity index (χ0n) is 12.3. The number of rotatable bonds is 8. The molecule has 0 aromatic carbocycles. The molecule has 3 N–H and O–H groups in total. The Kier molecular flexibility index (Phi) is 8.35. The zero-order chi connectivity index (χ0) is 15.6. The van der Waals surface area contributed by atoms with Gasteiger partial charge in [-0.05, 0) is 33.6 Å². The van der Waals surface area contributed by atoms with Gasteiger partial charge in [-0.3, -0.25) is 9.59 Å². The number of unbranched alkanes of at least 4 members (excludes halogenated alkanes) is 2. The highest BCUT2D eigenvalue weighted by molar-refractivity contribution is 5.82. The van der Waals surface area contributed by atoms with E-state index in [-0.39, 0.29) is 18.9 Å². The Morgan fingerprint density at radius 3 is 2.25 bits per heavy atom. The van der Waals surface area contributed by atoms with Gasteiger partial charge in [-0.15, -0.1) is 0 Å². The second-order valence-electron chi connectivity index (χ2n) is 5.41. The van der Waals surface area contributed by atoms with Gasteiger partial charge in [-0.2, -0.15) is 0 Å². The fourth-order valence-corrected chi connectivity index (χ4v) is 1.33. The molecule has 0 aromatic heterocycles. The van der Waals surface area contributed by atoms with Crippen LogP contribution < -0.4 is 10.6 Å². The molecule has 7 nitrogen and oxygen atoms in total. The van der Waals surface area contributed by atoms with Crippen LogP contribution in [0, 0.1) is 0 Å². The number of carbonyl (C=O) groups is 3. The number of carboxylic acid groups (broad SMARTS) is 1. The molecule has 0 aromatic rings. The van der Waals surface area contributed by atoms with Crippen molar-refractivity contribution in [2.24, 2.45) is 0 Å². The molecule has 0 bridgehead atoms. The zero-order valence-corrected chi connectivity index (χ0v) is 12.3. The van der Waals surface area contributed by atoms with Crippen molar-refractivity contribution < 1.29 is 24.2 Å². The lowest BCUT2D eigenvalue weighted by molar-refractivity contribution is -0.137. The molecule has 0 rings (SSSR count). The second kappa shape index (κ2) is 9.17. The van der Waals surface area contributed by atoms with Crippen molar-refractivity contribution in [1.29, 1.82) is 0 Å². The van der Waals surface area contributed by atoms with Crippen LogP contribution in [0.1, 0.15) is 46.5 Å². The molecule has 0 aliphatic heterocycles. The molecule has 0 atom stereocenters. The molecule has 20 heavy (non-hydrogen) atoms. The lowest BCUT2D eigenvalue weighted by atomic mass is 10.2. The summed E-state index contributed by atoms with van der Waals surface area (Å²) in [7, 11) is 0. The average molecular weight is 288 g/mol. The summed E-state index contributed by atoms with van der Waals surface area (Å²) in [6, 6.07) is 0. The Bertz CT molecular complexity index is 336. The Morgan fingerprint density at radius 2 is 1.70 bits per heavy atom. The van der Waals surface area contributed by atoms with E-state index in [0.29, 0.717) is 19.4 Å². The molecule has 0 radical (unpaired) electrons. The predicted molar refractivity (Wildman–Crippen MR) is 73.4 cm³/mol. The maximum Gasteiger partial charge on any atom is 0.408 e. The number of carboxylic acids is 1. The standard InChI is InChI=1S/C13H24N2O5/c1-13(2,3)20-12(19)15-9-10(16)14-8-6-4-5-7-11(17)18/h4-9H2,1-3H3,(H,14,16)(H,15,19)(H,17,18). The molecule has 116 valence electrons. The maximum absolute atomic E-state index is 11.4. The smallest absolute Gasteiger partial charge is 0.408 e. The van der Waals surface area contributed by atoms with E-state index in [1.54, 1.807) is 20.8 Å². The minimum atomic E-state index is -0.810. The van der Waals surface area contributed by atoms with Crippen molar-refractivity contribution in [3.05, 3.63) is 0 Å². The van der Waals surface area contributed by atoms with Crippen LogP contribution in [0.25, 0.3) is 0 Å². The van der Waals surface area contributed by atoms with E-state index >= 15 is 0 Å². The molecular formula is C13H24N2O5. The van der Waals surface area contributed by atoms with Crippen LogP contribution in [-0.4, -0.2) is 41.8 Å². The molecule has 0 saturated carbocycles. The van der Waals surface area contributed by atoms with E-state index < -0.39 is 17.7 Å². The maximum atomic E-state index is 11.4. The SMILES string of the molecule is CC(C)(C)OC(=O)NCC(=O)NCCCCCC(=O)O. The largest absolute Gasteiger partial charge is 0.481 e. The van der Waals surface area contributed by atoms with Crippen LogP contribution in [-0.2, 0) is 14.3 Å². The summed E-state index contributed by atoms with van der Waals surface area (Å²) >= 11 is 0. The van der Waals surface area contributed by atoms with E-state index in [0.717, 1.165) is 6.42 Å². The van der Waals surface area contributed by atoms with Crippen molar-refractivity contribution in [3.63, 3.8) is 0 Å². The monoisotopic (exact) mass is 288 g/mol. The van der Waals surface area contributed by atoms with E-state index in [1.807, 2.05) is 0 Å². The highest BCUT2D eigenvalue weighted by atomic mass is 16.6. The average Bonchev–Trinajstić information content (AvgIpc) is 2.28. The van der Waals surface area contributed by atoms with Crippen molar-refractivity contribution in [1.82, 2.24) is 10.6 Å². The van der Waals surface area contributed by atoms with Gasteiger partial charge in [0.05, 0.1) is 6.54 Å². The molecule has 0 fully saturated rings. The quantitative estimate of drug-likeness (QED) is 0.583. The molecule has 0 aliphatic rings. The number of aliphatic carboxylic acids is 1. The number of carbonyl (C=O) groups excluding carboxylic acids is 2. The van der Waals surface area contributed by atoms with Gasteiger partial charge in [-0.25, -0.2) is 4.79 Å². The summed E-state index contributed by atoms with van der Waals surface area (Å²) in [6.45, 7) is 5.55. The van der Waals surface area contributed by atoms with E-state index in [2.05, 4.69) is 10.6 Å². The fraction of sp³-hybridized carbons (Fsp3) is 0.769. The highest BCUT2D eigenvalue weighted by Crippen LogP contribution is 2.06. The Morgan fingerprint density at radius 1 is 1.05 bits per heavy atom. The Labute approximate surface area is 119 Å². The lowest BCUT2D eigenvalue weighted by Crippen LogP contribution is -2.39. The predicted octanol–water partition coefficient (Wildman–Crippen LogP) is 1.27. The molecule has 0 saturated heterocycles. The first-order valence-electron chi connectivity index (χ1n) is 6.66. The van der Waals surface area contributed by atoms with E-state index in [9.17, 15) is 14.4 Å². The summed E-state index contributed by atoms with van der Waals surface area (Å²) in [6.07, 6.45) is 1.57. The lowest BCUT2D eigenvalue weighted by Gasteiger charge is -2.19. The van der Waals surface area contributed by atoms with Gasteiger partial charge in [-0.1, -0.05) is 6.42 Å². The minimum absolute atomic E-state index is 0.135. The first-order chi connectivity index (χ1) is 9.20. The van der Waals surface area contributed by atoms with Gasteiger partial charge < -0.3 is 20.5 Å². The summed E-state index contributed by atoms with van der Waals surface area (Å²) in [5.74, 6) is -1.11. The van der Waals surface area contributed by atoms with Crippen LogP contribution >= 0.6 is 0 Å². The topological polar surface area (TPSA) is 105 Å². The molecule has 0 unspecified atom stereocenters. The summed E-state index contributed by atoms with van der Waals surface area (Å²) < 4.78 is 4.98. The fourth-order valence-electron chi connectivity index (χ4n) is 1.33. The Balaban J connectivity index is 3.55. The third-order valence-corrected chi connectivity index (χ3v) is 2.18. The first kappa shape index (κ1) is 18.2. The molecule has 7 heteroatoms. The molecule has 0 spiro atoms. The van der Waals surface area contributed by atoms with Crippen LogP contribution in [0.4, 0.5) is 4.79 Å². The van der Waals surface area contributed by atoms with Gasteiger partial charge in [0.25, 0.3) is 0 Å². The number of hydrogen-bond donors (Lipinski definition) is 3. The van der Waals surface area contributed by atoms with Crippen LogP contribution in [0.5, 0.6) is 0 Å². The highest BCUT2D eigenvalue weighted by Gasteiger charge is 2.16. The summed E-state index contributed by atoms with van der Waals surface area (Å²) in [4.78, 5) is 32.9.